The minimum Gasteiger partial charge on any atom is -0.465 e. The summed E-state index contributed by atoms with van der Waals surface area (Å²) in [7, 11) is 1.29. The SMILES string of the molecule is COC(=O)c1ccc(C2c3c(oc4ccccc4c3=O)C(=O)N2CCO)cc1. The molecular weight excluding hydrogens is 362 g/mol. The molecule has 7 nitrogen and oxygen atoms in total. The summed E-state index contributed by atoms with van der Waals surface area (Å²) < 4.78 is 10.5. The third-order valence-electron chi connectivity index (χ3n) is 4.86. The van der Waals surface area contributed by atoms with Gasteiger partial charge in [0.15, 0.2) is 5.43 Å². The number of esters is 1. The van der Waals surface area contributed by atoms with E-state index in [1.54, 1.807) is 48.5 Å². The average molecular weight is 379 g/mol. The molecule has 0 bridgehead atoms. The van der Waals surface area contributed by atoms with Gasteiger partial charge in [0.1, 0.15) is 5.58 Å². The largest absolute Gasteiger partial charge is 0.465 e. The molecule has 3 aromatic rings. The van der Waals surface area contributed by atoms with Crippen molar-refractivity contribution in [3.05, 3.63) is 81.2 Å². The highest BCUT2D eigenvalue weighted by Crippen LogP contribution is 2.37. The molecule has 0 radical (unpaired) electrons. The molecule has 0 saturated heterocycles. The summed E-state index contributed by atoms with van der Waals surface area (Å²) in [6.07, 6.45) is 0. The lowest BCUT2D eigenvalue weighted by molar-refractivity contribution is 0.0599. The second kappa shape index (κ2) is 6.94. The molecule has 0 saturated carbocycles. The van der Waals surface area contributed by atoms with E-state index in [1.165, 1.54) is 12.0 Å². The molecule has 0 fully saturated rings. The van der Waals surface area contributed by atoms with Crippen LogP contribution < -0.4 is 5.43 Å². The summed E-state index contributed by atoms with van der Waals surface area (Å²) in [6, 6.07) is 12.5. The van der Waals surface area contributed by atoms with E-state index in [1.807, 2.05) is 0 Å². The first kappa shape index (κ1) is 17.9. The first-order valence-corrected chi connectivity index (χ1v) is 8.72. The van der Waals surface area contributed by atoms with Crippen LogP contribution in [0.1, 0.15) is 38.1 Å². The molecule has 0 aliphatic carbocycles. The number of hydrogen-bond acceptors (Lipinski definition) is 6. The lowest BCUT2D eigenvalue weighted by Gasteiger charge is -2.24. The number of hydrogen-bond donors (Lipinski definition) is 1. The number of amides is 1. The molecule has 1 aliphatic heterocycles. The van der Waals surface area contributed by atoms with Crippen molar-refractivity contribution in [2.24, 2.45) is 0 Å². The van der Waals surface area contributed by atoms with Crippen molar-refractivity contribution in [3.63, 3.8) is 0 Å². The molecule has 1 aromatic heterocycles. The number of β-amino-alcohol motifs (C(OH)–C–C–N with tert-alkyl or cyclic N) is 1. The van der Waals surface area contributed by atoms with Crippen molar-refractivity contribution in [1.82, 2.24) is 4.90 Å². The molecule has 2 heterocycles. The lowest BCUT2D eigenvalue weighted by Crippen LogP contribution is -2.32. The predicted molar refractivity (Wildman–Crippen MR) is 100 cm³/mol. The number of carbonyl (C=O) groups excluding carboxylic acids is 2. The van der Waals surface area contributed by atoms with Crippen LogP contribution in [0, 0.1) is 0 Å². The topological polar surface area (TPSA) is 97.0 Å². The highest BCUT2D eigenvalue weighted by atomic mass is 16.5. The van der Waals surface area contributed by atoms with Gasteiger partial charge in [-0.25, -0.2) is 4.79 Å². The number of aliphatic hydroxyl groups is 1. The number of ether oxygens (including phenoxy) is 1. The normalized spacial score (nSPS) is 15.7. The fourth-order valence-corrected chi connectivity index (χ4v) is 3.57. The number of rotatable bonds is 4. The Morgan fingerprint density at radius 2 is 1.86 bits per heavy atom. The number of carbonyl (C=O) groups is 2. The first-order chi connectivity index (χ1) is 13.6. The molecule has 1 amide bonds. The van der Waals surface area contributed by atoms with Gasteiger partial charge >= 0.3 is 5.97 Å². The number of nitrogens with zero attached hydrogens (tertiary/aromatic N) is 1. The molecule has 2 aromatic carbocycles. The van der Waals surface area contributed by atoms with Crippen LogP contribution in [-0.4, -0.2) is 42.1 Å². The Morgan fingerprint density at radius 1 is 1.14 bits per heavy atom. The maximum Gasteiger partial charge on any atom is 0.337 e. The van der Waals surface area contributed by atoms with Crippen molar-refractivity contribution < 1.29 is 23.8 Å². The van der Waals surface area contributed by atoms with E-state index in [9.17, 15) is 19.5 Å². The van der Waals surface area contributed by atoms with Gasteiger partial charge in [0.05, 0.1) is 36.3 Å². The zero-order valence-electron chi connectivity index (χ0n) is 15.0. The van der Waals surface area contributed by atoms with Crippen LogP contribution in [0.4, 0.5) is 0 Å². The molecule has 1 unspecified atom stereocenters. The Morgan fingerprint density at radius 3 is 2.54 bits per heavy atom. The van der Waals surface area contributed by atoms with Gasteiger partial charge in [0, 0.05) is 6.54 Å². The van der Waals surface area contributed by atoms with Crippen molar-refractivity contribution >= 4 is 22.8 Å². The van der Waals surface area contributed by atoms with Crippen molar-refractivity contribution in [2.75, 3.05) is 20.3 Å². The van der Waals surface area contributed by atoms with Crippen LogP contribution in [0.5, 0.6) is 0 Å². The fraction of sp³-hybridized carbons (Fsp3) is 0.190. The van der Waals surface area contributed by atoms with E-state index < -0.39 is 17.9 Å². The van der Waals surface area contributed by atoms with E-state index in [0.29, 0.717) is 22.1 Å². The van der Waals surface area contributed by atoms with Crippen LogP contribution >= 0.6 is 0 Å². The first-order valence-electron chi connectivity index (χ1n) is 8.72. The second-order valence-electron chi connectivity index (χ2n) is 6.41. The van der Waals surface area contributed by atoms with Crippen LogP contribution in [0.2, 0.25) is 0 Å². The highest BCUT2D eigenvalue weighted by molar-refractivity contribution is 5.99. The van der Waals surface area contributed by atoms with E-state index in [4.69, 9.17) is 9.15 Å². The molecule has 4 rings (SSSR count). The molecule has 1 N–H and O–H groups in total. The highest BCUT2D eigenvalue weighted by Gasteiger charge is 2.42. The monoisotopic (exact) mass is 379 g/mol. The third kappa shape index (κ3) is 2.68. The smallest absolute Gasteiger partial charge is 0.337 e. The molecule has 28 heavy (non-hydrogen) atoms. The number of aliphatic hydroxyl groups excluding tert-OH is 1. The van der Waals surface area contributed by atoms with Crippen molar-refractivity contribution in [3.8, 4) is 0 Å². The Labute approximate surface area is 159 Å². The fourth-order valence-electron chi connectivity index (χ4n) is 3.57. The van der Waals surface area contributed by atoms with Crippen molar-refractivity contribution in [1.29, 1.82) is 0 Å². The standard InChI is InChI=1S/C21H17NO6/c1-27-21(26)13-8-6-12(7-9-13)17-16-18(24)14-4-2-3-5-15(14)28-19(16)20(25)22(17)10-11-23/h2-9,17,23H,10-11H2,1H3. The summed E-state index contributed by atoms with van der Waals surface area (Å²) in [6.45, 7) is -0.216. The number of methoxy groups -OCH3 is 1. The Kier molecular flexibility index (Phi) is 4.44. The Hall–Kier alpha value is -3.45. The van der Waals surface area contributed by atoms with E-state index in [2.05, 4.69) is 0 Å². The second-order valence-corrected chi connectivity index (χ2v) is 6.41. The van der Waals surface area contributed by atoms with Gasteiger partial charge < -0.3 is 19.2 Å². The van der Waals surface area contributed by atoms with E-state index in [0.717, 1.165) is 0 Å². The molecular formula is C21H17NO6. The maximum atomic E-state index is 13.1. The van der Waals surface area contributed by atoms with Gasteiger partial charge in [0.2, 0.25) is 5.76 Å². The molecule has 1 atom stereocenters. The summed E-state index contributed by atoms with van der Waals surface area (Å²) in [5, 5.41) is 9.82. The summed E-state index contributed by atoms with van der Waals surface area (Å²) in [5.74, 6) is -0.944. The summed E-state index contributed by atoms with van der Waals surface area (Å²) >= 11 is 0. The van der Waals surface area contributed by atoms with E-state index >= 15 is 0 Å². The van der Waals surface area contributed by atoms with Gasteiger partial charge in [-0.2, -0.15) is 0 Å². The van der Waals surface area contributed by atoms with Crippen LogP contribution in [0.25, 0.3) is 11.0 Å². The van der Waals surface area contributed by atoms with Crippen LogP contribution in [0.3, 0.4) is 0 Å². The van der Waals surface area contributed by atoms with Gasteiger partial charge in [-0.3, -0.25) is 9.59 Å². The minimum atomic E-state index is -0.706. The summed E-state index contributed by atoms with van der Waals surface area (Å²) in [4.78, 5) is 39.1. The third-order valence-corrected chi connectivity index (χ3v) is 4.86. The van der Waals surface area contributed by atoms with Crippen LogP contribution in [0.15, 0.2) is 57.7 Å². The molecule has 0 spiro atoms. The number of para-hydroxylation sites is 1. The number of fused-ring (bicyclic) bond motifs is 2. The van der Waals surface area contributed by atoms with Crippen molar-refractivity contribution in [2.45, 2.75) is 6.04 Å². The Balaban J connectivity index is 1.91. The zero-order valence-corrected chi connectivity index (χ0v) is 15.0. The minimum absolute atomic E-state index is 0.0146. The van der Waals surface area contributed by atoms with Gasteiger partial charge in [-0.1, -0.05) is 24.3 Å². The number of benzene rings is 2. The summed E-state index contributed by atoms with van der Waals surface area (Å²) in [5.41, 5.74) is 1.28. The lowest BCUT2D eigenvalue weighted by atomic mass is 9.97. The maximum absolute atomic E-state index is 13.1. The van der Waals surface area contributed by atoms with Gasteiger partial charge in [0.25, 0.3) is 5.91 Å². The molecule has 7 heteroatoms. The van der Waals surface area contributed by atoms with Crippen LogP contribution in [-0.2, 0) is 4.74 Å². The van der Waals surface area contributed by atoms with Gasteiger partial charge in [-0.05, 0) is 29.8 Å². The van der Waals surface area contributed by atoms with E-state index in [-0.39, 0.29) is 29.9 Å². The zero-order chi connectivity index (χ0) is 19.8. The van der Waals surface area contributed by atoms with Gasteiger partial charge in [-0.15, -0.1) is 0 Å². The Bertz CT molecular complexity index is 1130. The molecule has 1 aliphatic rings. The quantitative estimate of drug-likeness (QED) is 0.698. The molecule has 142 valence electrons. The average Bonchev–Trinajstić information content (AvgIpc) is 3.00. The predicted octanol–water partition coefficient (Wildman–Crippen LogP) is 2.12.